The van der Waals surface area contributed by atoms with Crippen molar-refractivity contribution < 1.29 is 9.50 Å². The molecule has 0 aliphatic rings. The number of rotatable bonds is 0. The first kappa shape index (κ1) is 11.4. The predicted molar refractivity (Wildman–Crippen MR) is 49.6 cm³/mol. The average Bonchev–Trinajstić information content (AvgIpc) is 2.04. The molecule has 0 radical (unpaired) electrons. The SMILES string of the molecule is CC.Cc1cc(F)nc(Br)c1O. The van der Waals surface area contributed by atoms with Crippen molar-refractivity contribution in [1.82, 2.24) is 4.98 Å². The minimum absolute atomic E-state index is 0.0126. The van der Waals surface area contributed by atoms with Crippen LogP contribution in [0.15, 0.2) is 10.7 Å². The van der Waals surface area contributed by atoms with Gasteiger partial charge in [-0.3, -0.25) is 0 Å². The highest BCUT2D eigenvalue weighted by Gasteiger charge is 2.04. The van der Waals surface area contributed by atoms with Gasteiger partial charge in [0.15, 0.2) is 10.4 Å². The van der Waals surface area contributed by atoms with Gasteiger partial charge in [0, 0.05) is 0 Å². The zero-order valence-electron chi connectivity index (χ0n) is 7.23. The number of aryl methyl sites for hydroxylation is 1. The number of aromatic nitrogens is 1. The Morgan fingerprint density at radius 1 is 1.50 bits per heavy atom. The van der Waals surface area contributed by atoms with Crippen LogP contribution in [0, 0.1) is 12.9 Å². The number of hydrogen-bond acceptors (Lipinski definition) is 2. The molecule has 0 aromatic carbocycles. The first-order chi connectivity index (χ1) is 5.61. The minimum Gasteiger partial charge on any atom is -0.505 e. The van der Waals surface area contributed by atoms with Crippen molar-refractivity contribution in [1.29, 1.82) is 0 Å². The van der Waals surface area contributed by atoms with Gasteiger partial charge in [-0.2, -0.15) is 4.39 Å². The summed E-state index contributed by atoms with van der Waals surface area (Å²) in [6.45, 7) is 5.60. The molecule has 4 heteroatoms. The van der Waals surface area contributed by atoms with Gasteiger partial charge in [-0.1, -0.05) is 13.8 Å². The van der Waals surface area contributed by atoms with E-state index in [1.165, 1.54) is 6.07 Å². The number of hydrogen-bond donors (Lipinski definition) is 1. The summed E-state index contributed by atoms with van der Waals surface area (Å²) in [6, 6.07) is 1.17. The lowest BCUT2D eigenvalue weighted by Crippen LogP contribution is -1.86. The van der Waals surface area contributed by atoms with Crippen LogP contribution in [0.3, 0.4) is 0 Å². The van der Waals surface area contributed by atoms with E-state index in [4.69, 9.17) is 5.11 Å². The minimum atomic E-state index is -0.595. The molecule has 1 rings (SSSR count). The quantitative estimate of drug-likeness (QED) is 0.702. The van der Waals surface area contributed by atoms with Crippen LogP contribution in [-0.2, 0) is 0 Å². The Hall–Kier alpha value is -0.640. The summed E-state index contributed by atoms with van der Waals surface area (Å²) in [5.41, 5.74) is 0.472. The molecule has 1 aromatic heterocycles. The van der Waals surface area contributed by atoms with Crippen molar-refractivity contribution in [3.05, 3.63) is 22.2 Å². The van der Waals surface area contributed by atoms with Crippen LogP contribution in [0.1, 0.15) is 19.4 Å². The van der Waals surface area contributed by atoms with E-state index in [0.717, 1.165) is 0 Å². The van der Waals surface area contributed by atoms with Gasteiger partial charge in [-0.15, -0.1) is 0 Å². The Morgan fingerprint density at radius 3 is 2.42 bits per heavy atom. The van der Waals surface area contributed by atoms with Crippen LogP contribution >= 0.6 is 15.9 Å². The Balaban J connectivity index is 0.000000561. The lowest BCUT2D eigenvalue weighted by atomic mass is 10.3. The molecule has 12 heavy (non-hydrogen) atoms. The molecule has 0 aliphatic carbocycles. The molecule has 1 heterocycles. The molecule has 0 saturated carbocycles. The lowest BCUT2D eigenvalue weighted by Gasteiger charge is -1.98. The second-order valence-corrected chi connectivity index (χ2v) is 2.65. The molecular formula is C8H11BrFNO. The standard InChI is InChI=1S/C6H5BrFNO.C2H6/c1-3-2-4(8)9-6(7)5(3)10;1-2/h2,10H,1H3;1-2H3. The van der Waals surface area contributed by atoms with Gasteiger partial charge in [0.1, 0.15) is 0 Å². The smallest absolute Gasteiger partial charge is 0.214 e. The number of pyridine rings is 1. The van der Waals surface area contributed by atoms with Crippen LogP contribution in [0.4, 0.5) is 4.39 Å². The van der Waals surface area contributed by atoms with E-state index in [0.29, 0.717) is 5.56 Å². The largest absolute Gasteiger partial charge is 0.505 e. The summed E-state index contributed by atoms with van der Waals surface area (Å²) in [5, 5.41) is 9.05. The molecule has 0 atom stereocenters. The molecule has 68 valence electrons. The third-order valence-electron chi connectivity index (χ3n) is 1.11. The lowest BCUT2D eigenvalue weighted by molar-refractivity contribution is 0.457. The van der Waals surface area contributed by atoms with E-state index >= 15 is 0 Å². The van der Waals surface area contributed by atoms with E-state index in [2.05, 4.69) is 20.9 Å². The zero-order valence-corrected chi connectivity index (χ0v) is 8.81. The first-order valence-corrected chi connectivity index (χ1v) is 4.42. The molecule has 1 N–H and O–H groups in total. The van der Waals surface area contributed by atoms with Crippen LogP contribution in [-0.4, -0.2) is 10.1 Å². The average molecular weight is 236 g/mol. The molecule has 2 nitrogen and oxygen atoms in total. The van der Waals surface area contributed by atoms with E-state index in [1.54, 1.807) is 6.92 Å². The molecule has 0 unspecified atom stereocenters. The van der Waals surface area contributed by atoms with Gasteiger partial charge >= 0.3 is 0 Å². The maximum Gasteiger partial charge on any atom is 0.214 e. The third-order valence-corrected chi connectivity index (χ3v) is 1.66. The topological polar surface area (TPSA) is 33.1 Å². The van der Waals surface area contributed by atoms with E-state index in [1.807, 2.05) is 13.8 Å². The Labute approximate surface area is 79.6 Å². The molecule has 0 aliphatic heterocycles. The van der Waals surface area contributed by atoms with Crippen LogP contribution in [0.25, 0.3) is 0 Å². The summed E-state index contributed by atoms with van der Waals surface area (Å²) >= 11 is 2.90. The second-order valence-electron chi connectivity index (χ2n) is 1.90. The highest BCUT2D eigenvalue weighted by Crippen LogP contribution is 2.24. The van der Waals surface area contributed by atoms with Gasteiger partial charge in [-0.05, 0) is 34.5 Å². The highest BCUT2D eigenvalue weighted by atomic mass is 79.9. The fraction of sp³-hybridized carbons (Fsp3) is 0.375. The fourth-order valence-corrected chi connectivity index (χ4v) is 1.07. The Kier molecular flexibility index (Phi) is 4.81. The summed E-state index contributed by atoms with van der Waals surface area (Å²) in [5.74, 6) is -0.608. The van der Waals surface area contributed by atoms with Gasteiger partial charge in [0.05, 0.1) is 0 Å². The normalized spacial score (nSPS) is 8.75. The molecular weight excluding hydrogens is 225 g/mol. The molecule has 0 saturated heterocycles. The van der Waals surface area contributed by atoms with Crippen molar-refractivity contribution >= 4 is 15.9 Å². The zero-order chi connectivity index (χ0) is 9.72. The fourth-order valence-electron chi connectivity index (χ4n) is 0.589. The van der Waals surface area contributed by atoms with Crippen molar-refractivity contribution in [2.45, 2.75) is 20.8 Å². The Morgan fingerprint density at radius 2 is 2.00 bits per heavy atom. The van der Waals surface area contributed by atoms with E-state index < -0.39 is 5.95 Å². The van der Waals surface area contributed by atoms with Gasteiger partial charge in [0.25, 0.3) is 0 Å². The number of halogens is 2. The van der Waals surface area contributed by atoms with Crippen molar-refractivity contribution in [2.75, 3.05) is 0 Å². The maximum atomic E-state index is 12.4. The molecule has 0 bridgehead atoms. The van der Waals surface area contributed by atoms with E-state index in [-0.39, 0.29) is 10.4 Å². The summed E-state index contributed by atoms with van der Waals surface area (Å²) < 4.78 is 12.5. The van der Waals surface area contributed by atoms with Crippen LogP contribution in [0.2, 0.25) is 0 Å². The van der Waals surface area contributed by atoms with Crippen LogP contribution < -0.4 is 0 Å². The molecule has 1 aromatic rings. The second kappa shape index (κ2) is 5.09. The highest BCUT2D eigenvalue weighted by molar-refractivity contribution is 9.10. The molecule has 0 fully saturated rings. The number of aromatic hydroxyl groups is 1. The Bertz CT molecular complexity index is 242. The van der Waals surface area contributed by atoms with Crippen molar-refractivity contribution in [3.8, 4) is 5.75 Å². The van der Waals surface area contributed by atoms with Gasteiger partial charge in [-0.25, -0.2) is 4.98 Å². The third kappa shape index (κ3) is 2.77. The molecule has 0 spiro atoms. The summed E-state index contributed by atoms with van der Waals surface area (Å²) in [7, 11) is 0. The maximum absolute atomic E-state index is 12.4. The predicted octanol–water partition coefficient (Wildman–Crippen LogP) is 3.02. The van der Waals surface area contributed by atoms with Gasteiger partial charge < -0.3 is 5.11 Å². The monoisotopic (exact) mass is 235 g/mol. The van der Waals surface area contributed by atoms with Crippen LogP contribution in [0.5, 0.6) is 5.75 Å². The van der Waals surface area contributed by atoms with Crippen molar-refractivity contribution in [2.24, 2.45) is 0 Å². The van der Waals surface area contributed by atoms with Gasteiger partial charge in [0.2, 0.25) is 5.95 Å². The molecule has 0 amide bonds. The number of nitrogens with zero attached hydrogens (tertiary/aromatic N) is 1. The van der Waals surface area contributed by atoms with Crippen molar-refractivity contribution in [3.63, 3.8) is 0 Å². The summed E-state index contributed by atoms with van der Waals surface area (Å²) in [6.07, 6.45) is 0. The van der Waals surface area contributed by atoms with E-state index in [9.17, 15) is 4.39 Å². The first-order valence-electron chi connectivity index (χ1n) is 3.63. The summed E-state index contributed by atoms with van der Waals surface area (Å²) in [4.78, 5) is 3.33.